The molecule has 0 bridgehead atoms. The fraction of sp³-hybridized carbons (Fsp3) is 0.471. The number of hydrogen-bond acceptors (Lipinski definition) is 3. The Morgan fingerprint density at radius 2 is 2.05 bits per heavy atom. The number of carbonyl (C=O) groups is 1. The third-order valence-electron chi connectivity index (χ3n) is 3.45. The third-order valence-corrected chi connectivity index (χ3v) is 4.44. The molecule has 1 fully saturated rings. The third kappa shape index (κ3) is 4.54. The van der Waals surface area contributed by atoms with Crippen LogP contribution in [0.25, 0.3) is 6.08 Å². The molecule has 0 N–H and O–H groups in total. The molecule has 1 aliphatic carbocycles. The van der Waals surface area contributed by atoms with Gasteiger partial charge in [0.1, 0.15) is 5.75 Å². The molecular weight excluding hydrogens is 280 g/mol. The van der Waals surface area contributed by atoms with Crippen molar-refractivity contribution in [2.45, 2.75) is 45.0 Å². The van der Waals surface area contributed by atoms with Gasteiger partial charge in [-0.15, -0.1) is 0 Å². The van der Waals surface area contributed by atoms with Crippen molar-refractivity contribution in [2.24, 2.45) is 0 Å². The minimum Gasteiger partial charge on any atom is -0.497 e. The highest BCUT2D eigenvalue weighted by Gasteiger charge is 2.30. The van der Waals surface area contributed by atoms with E-state index >= 15 is 0 Å². The summed E-state index contributed by atoms with van der Waals surface area (Å²) >= 11 is 0. The summed E-state index contributed by atoms with van der Waals surface area (Å²) in [6, 6.07) is 7.77. The summed E-state index contributed by atoms with van der Waals surface area (Å²) in [7, 11) is -0.0208. The lowest BCUT2D eigenvalue weighted by Crippen LogP contribution is -2.36. The minimum absolute atomic E-state index is 0.0517. The highest BCUT2D eigenvalue weighted by molar-refractivity contribution is 6.69. The number of methoxy groups -OCH3 is 1. The molecule has 1 aromatic rings. The van der Waals surface area contributed by atoms with E-state index < -0.39 is 8.32 Å². The summed E-state index contributed by atoms with van der Waals surface area (Å²) in [4.78, 5) is 12.3. The average Bonchev–Trinajstić information content (AvgIpc) is 2.41. The van der Waals surface area contributed by atoms with Gasteiger partial charge in [-0.3, -0.25) is 4.79 Å². The van der Waals surface area contributed by atoms with Crippen molar-refractivity contribution in [2.75, 3.05) is 7.11 Å². The summed E-state index contributed by atoms with van der Waals surface area (Å²) in [5, 5.41) is 0. The van der Waals surface area contributed by atoms with Crippen LogP contribution < -0.4 is 4.74 Å². The first-order valence-electron chi connectivity index (χ1n) is 7.46. The predicted molar refractivity (Wildman–Crippen MR) is 88.0 cm³/mol. The molecule has 3 nitrogen and oxygen atoms in total. The first-order chi connectivity index (χ1) is 9.89. The van der Waals surface area contributed by atoms with Gasteiger partial charge < -0.3 is 9.16 Å². The van der Waals surface area contributed by atoms with E-state index in [2.05, 4.69) is 19.6 Å². The van der Waals surface area contributed by atoms with Crippen LogP contribution in [0.3, 0.4) is 0 Å². The summed E-state index contributed by atoms with van der Waals surface area (Å²) in [5.41, 5.74) is 1.81. The molecule has 0 radical (unpaired) electrons. The molecule has 1 saturated carbocycles. The topological polar surface area (TPSA) is 35.5 Å². The van der Waals surface area contributed by atoms with Gasteiger partial charge in [-0.1, -0.05) is 12.1 Å². The van der Waals surface area contributed by atoms with Gasteiger partial charge in [0, 0.05) is 12.0 Å². The molecule has 0 aromatic heterocycles. The number of Topliss-reactive ketones (excluding diaryl/α,β-unsaturated/α-hetero) is 1. The SMILES string of the molecule is COc1cccc(C=C2C(=O)CCCC2O[Si](C)(C)C)c1. The largest absolute Gasteiger partial charge is 0.497 e. The van der Waals surface area contributed by atoms with Crippen molar-refractivity contribution >= 4 is 20.2 Å². The molecule has 4 heteroatoms. The monoisotopic (exact) mass is 304 g/mol. The van der Waals surface area contributed by atoms with Gasteiger partial charge in [0.2, 0.25) is 0 Å². The number of rotatable bonds is 4. The van der Waals surface area contributed by atoms with Crippen LogP contribution in [-0.4, -0.2) is 27.3 Å². The summed E-state index contributed by atoms with van der Waals surface area (Å²) in [5.74, 6) is 1.02. The smallest absolute Gasteiger partial charge is 0.184 e. The van der Waals surface area contributed by atoms with E-state index in [1.165, 1.54) is 0 Å². The van der Waals surface area contributed by atoms with Crippen molar-refractivity contribution < 1.29 is 14.0 Å². The van der Waals surface area contributed by atoms with Crippen molar-refractivity contribution in [1.82, 2.24) is 0 Å². The van der Waals surface area contributed by atoms with Crippen LogP contribution >= 0.6 is 0 Å². The van der Waals surface area contributed by atoms with E-state index in [1.807, 2.05) is 30.3 Å². The Balaban J connectivity index is 2.30. The van der Waals surface area contributed by atoms with E-state index in [4.69, 9.17) is 9.16 Å². The maximum Gasteiger partial charge on any atom is 0.184 e. The average molecular weight is 304 g/mol. The zero-order chi connectivity index (χ0) is 15.5. The van der Waals surface area contributed by atoms with Crippen LogP contribution in [-0.2, 0) is 9.22 Å². The molecule has 0 amide bonds. The second kappa shape index (κ2) is 6.58. The fourth-order valence-corrected chi connectivity index (χ4v) is 3.66. The molecule has 1 unspecified atom stereocenters. The molecule has 0 aliphatic heterocycles. The van der Waals surface area contributed by atoms with Gasteiger partial charge in [-0.05, 0) is 56.3 Å². The molecule has 0 spiro atoms. The summed E-state index contributed by atoms with van der Waals surface area (Å²) < 4.78 is 11.4. The quantitative estimate of drug-likeness (QED) is 0.622. The Kier molecular flexibility index (Phi) is 5.01. The van der Waals surface area contributed by atoms with Crippen molar-refractivity contribution in [3.63, 3.8) is 0 Å². The van der Waals surface area contributed by atoms with Crippen LogP contribution in [0.1, 0.15) is 24.8 Å². The molecule has 0 heterocycles. The zero-order valence-corrected chi connectivity index (χ0v) is 14.3. The number of ketones is 1. The standard InChI is InChI=1S/C17H24O3Si/c1-19-14-8-5-7-13(11-14)12-15-16(18)9-6-10-17(15)20-21(2,3)4/h5,7-8,11-12,17H,6,9-10H2,1-4H3. The van der Waals surface area contributed by atoms with Crippen molar-refractivity contribution in [1.29, 1.82) is 0 Å². The Hall–Kier alpha value is -1.39. The van der Waals surface area contributed by atoms with Crippen molar-refractivity contribution in [3.05, 3.63) is 35.4 Å². The summed E-state index contributed by atoms with van der Waals surface area (Å²) in [6.45, 7) is 6.49. The summed E-state index contributed by atoms with van der Waals surface area (Å²) in [6.07, 6.45) is 4.40. The van der Waals surface area contributed by atoms with E-state index in [0.29, 0.717) is 6.42 Å². The normalized spacial score (nSPS) is 21.6. The first kappa shape index (κ1) is 16.0. The van der Waals surface area contributed by atoms with Crippen LogP contribution in [0.5, 0.6) is 5.75 Å². The number of ether oxygens (including phenoxy) is 1. The first-order valence-corrected chi connectivity index (χ1v) is 10.9. The minimum atomic E-state index is -1.67. The van der Waals surface area contributed by atoms with E-state index in [0.717, 1.165) is 29.7 Å². The lowest BCUT2D eigenvalue weighted by molar-refractivity contribution is -0.117. The second-order valence-corrected chi connectivity index (χ2v) is 10.9. The molecule has 21 heavy (non-hydrogen) atoms. The Morgan fingerprint density at radius 1 is 1.29 bits per heavy atom. The lowest BCUT2D eigenvalue weighted by Gasteiger charge is -2.30. The molecule has 2 rings (SSSR count). The number of benzene rings is 1. The van der Waals surface area contributed by atoms with Crippen LogP contribution in [0.15, 0.2) is 29.8 Å². The predicted octanol–water partition coefficient (Wildman–Crippen LogP) is 4.05. The molecule has 1 aliphatic rings. The lowest BCUT2D eigenvalue weighted by atomic mass is 9.89. The second-order valence-electron chi connectivity index (χ2n) is 6.41. The zero-order valence-electron chi connectivity index (χ0n) is 13.3. The van der Waals surface area contributed by atoms with Gasteiger partial charge in [0.05, 0.1) is 13.2 Å². The van der Waals surface area contributed by atoms with E-state index in [-0.39, 0.29) is 11.9 Å². The molecule has 114 valence electrons. The van der Waals surface area contributed by atoms with Crippen LogP contribution in [0.2, 0.25) is 19.6 Å². The molecule has 0 saturated heterocycles. The molecular formula is C17H24O3Si. The van der Waals surface area contributed by atoms with Crippen LogP contribution in [0.4, 0.5) is 0 Å². The van der Waals surface area contributed by atoms with Gasteiger partial charge in [0.15, 0.2) is 14.1 Å². The van der Waals surface area contributed by atoms with Gasteiger partial charge in [-0.2, -0.15) is 0 Å². The van der Waals surface area contributed by atoms with Crippen LogP contribution in [0, 0.1) is 0 Å². The highest BCUT2D eigenvalue weighted by atomic mass is 28.4. The van der Waals surface area contributed by atoms with E-state index in [9.17, 15) is 4.79 Å². The molecule has 1 aromatic carbocycles. The Labute approximate surface area is 128 Å². The van der Waals surface area contributed by atoms with Gasteiger partial charge in [0.25, 0.3) is 0 Å². The fourth-order valence-electron chi connectivity index (χ4n) is 2.56. The maximum absolute atomic E-state index is 12.3. The number of hydrogen-bond donors (Lipinski definition) is 0. The molecule has 1 atom stereocenters. The van der Waals surface area contributed by atoms with Gasteiger partial charge >= 0.3 is 0 Å². The van der Waals surface area contributed by atoms with E-state index in [1.54, 1.807) is 7.11 Å². The maximum atomic E-state index is 12.3. The van der Waals surface area contributed by atoms with Crippen molar-refractivity contribution in [3.8, 4) is 5.75 Å². The number of carbonyl (C=O) groups excluding carboxylic acids is 1. The highest BCUT2D eigenvalue weighted by Crippen LogP contribution is 2.28. The van der Waals surface area contributed by atoms with Gasteiger partial charge in [-0.25, -0.2) is 0 Å². The Morgan fingerprint density at radius 3 is 2.71 bits per heavy atom. The Bertz CT molecular complexity index is 543.